The highest BCUT2D eigenvalue weighted by Gasteiger charge is 2.54. The van der Waals surface area contributed by atoms with E-state index in [1.165, 1.54) is 0 Å². The quantitative estimate of drug-likeness (QED) is 0.627. The monoisotopic (exact) mass is 354 g/mol. The van der Waals surface area contributed by atoms with Crippen LogP contribution in [-0.4, -0.2) is 34.5 Å². The molecule has 10 atom stereocenters. The molecule has 25 heavy (non-hydrogen) atoms. The fourth-order valence-electron chi connectivity index (χ4n) is 6.20. The van der Waals surface area contributed by atoms with Gasteiger partial charge in [-0.1, -0.05) is 48.5 Å². The van der Waals surface area contributed by atoms with E-state index in [0.717, 1.165) is 12.8 Å². The predicted octanol–water partition coefficient (Wildman–Crippen LogP) is 2.61. The zero-order valence-corrected chi connectivity index (χ0v) is 17.3. The highest BCUT2D eigenvalue weighted by atomic mass is 16.3. The van der Waals surface area contributed by atoms with Crippen molar-refractivity contribution in [2.24, 2.45) is 58.3 Å². The molecule has 4 nitrogen and oxygen atoms in total. The van der Waals surface area contributed by atoms with Gasteiger partial charge in [0.1, 0.15) is 0 Å². The van der Waals surface area contributed by atoms with Gasteiger partial charge in [0.05, 0.1) is 12.2 Å². The van der Waals surface area contributed by atoms with Crippen molar-refractivity contribution in [2.75, 3.05) is 0 Å². The highest BCUT2D eigenvalue weighted by molar-refractivity contribution is 5.05. The minimum atomic E-state index is -0.408. The van der Waals surface area contributed by atoms with Crippen LogP contribution in [0.1, 0.15) is 61.3 Å². The number of hydrogen-bond donors (Lipinski definition) is 4. The molecule has 2 aliphatic carbocycles. The fraction of sp³-hybridized carbons (Fsp3) is 1.00. The lowest BCUT2D eigenvalue weighted by atomic mass is 9.48. The van der Waals surface area contributed by atoms with Crippen molar-refractivity contribution >= 4 is 0 Å². The molecule has 0 aliphatic heterocycles. The van der Waals surface area contributed by atoms with Crippen LogP contribution in [0.4, 0.5) is 0 Å². The van der Waals surface area contributed by atoms with Crippen LogP contribution in [-0.2, 0) is 0 Å². The third-order valence-electron chi connectivity index (χ3n) is 8.53. The van der Waals surface area contributed by atoms with Crippen molar-refractivity contribution in [2.45, 2.75) is 85.6 Å². The van der Waals surface area contributed by atoms with Crippen molar-refractivity contribution in [3.05, 3.63) is 0 Å². The molecule has 2 aliphatic rings. The van der Waals surface area contributed by atoms with Gasteiger partial charge >= 0.3 is 0 Å². The molecular formula is C21H42N2O2. The minimum absolute atomic E-state index is 0.0941. The van der Waals surface area contributed by atoms with Gasteiger partial charge in [-0.25, -0.2) is 0 Å². The Morgan fingerprint density at radius 1 is 0.800 bits per heavy atom. The van der Waals surface area contributed by atoms with Crippen molar-refractivity contribution < 1.29 is 10.2 Å². The van der Waals surface area contributed by atoms with Crippen LogP contribution in [0.3, 0.4) is 0 Å². The Kier molecular flexibility index (Phi) is 6.31. The van der Waals surface area contributed by atoms with Crippen LogP contribution < -0.4 is 11.5 Å². The number of aliphatic hydroxyl groups excluding tert-OH is 2. The summed E-state index contributed by atoms with van der Waals surface area (Å²) in [7, 11) is 0. The summed E-state index contributed by atoms with van der Waals surface area (Å²) in [5.74, 6) is 2.44. The first-order chi connectivity index (χ1) is 11.4. The van der Waals surface area contributed by atoms with E-state index in [0.29, 0.717) is 17.8 Å². The van der Waals surface area contributed by atoms with Crippen LogP contribution >= 0.6 is 0 Å². The van der Waals surface area contributed by atoms with E-state index >= 15 is 0 Å². The van der Waals surface area contributed by atoms with Gasteiger partial charge in [0.25, 0.3) is 0 Å². The summed E-state index contributed by atoms with van der Waals surface area (Å²) in [6, 6.07) is -0.329. The number of nitrogens with two attached hydrogens (primary N) is 2. The second-order valence-electron chi connectivity index (χ2n) is 10.0. The van der Waals surface area contributed by atoms with Gasteiger partial charge in [-0.2, -0.15) is 0 Å². The Morgan fingerprint density at radius 3 is 1.40 bits per heavy atom. The predicted molar refractivity (Wildman–Crippen MR) is 104 cm³/mol. The van der Waals surface area contributed by atoms with Gasteiger partial charge in [0.2, 0.25) is 0 Å². The molecule has 0 aromatic heterocycles. The van der Waals surface area contributed by atoms with Crippen molar-refractivity contribution in [1.82, 2.24) is 0 Å². The molecule has 0 heterocycles. The van der Waals surface area contributed by atoms with E-state index in [2.05, 4.69) is 48.5 Å². The highest BCUT2D eigenvalue weighted by Crippen LogP contribution is 2.57. The number of aliphatic hydroxyl groups is 2. The summed E-state index contributed by atoms with van der Waals surface area (Å²) in [4.78, 5) is 0. The lowest BCUT2D eigenvalue weighted by molar-refractivity contribution is -0.117. The molecule has 148 valence electrons. The SMILES string of the molecule is CC1CC(C(C)(C(C)C)C2CC(C)C(O)C(N)C2C)C(C)C(N)C1O. The molecule has 0 saturated heterocycles. The Hall–Kier alpha value is -0.160. The van der Waals surface area contributed by atoms with Gasteiger partial charge in [0.15, 0.2) is 0 Å². The Morgan fingerprint density at radius 2 is 1.12 bits per heavy atom. The van der Waals surface area contributed by atoms with Crippen LogP contribution in [0.2, 0.25) is 0 Å². The summed E-state index contributed by atoms with van der Waals surface area (Å²) in [5.41, 5.74) is 12.9. The van der Waals surface area contributed by atoms with Gasteiger partial charge in [0, 0.05) is 12.1 Å². The molecular weight excluding hydrogens is 312 g/mol. The minimum Gasteiger partial charge on any atom is -0.391 e. The smallest absolute Gasteiger partial charge is 0.0719 e. The number of hydrogen-bond acceptors (Lipinski definition) is 4. The second-order valence-corrected chi connectivity index (χ2v) is 10.0. The van der Waals surface area contributed by atoms with Crippen molar-refractivity contribution in [3.63, 3.8) is 0 Å². The summed E-state index contributed by atoms with van der Waals surface area (Å²) in [6.45, 7) is 15.8. The van der Waals surface area contributed by atoms with Gasteiger partial charge in [-0.05, 0) is 59.7 Å². The first-order valence-electron chi connectivity index (χ1n) is 10.3. The maximum atomic E-state index is 10.4. The molecule has 10 unspecified atom stereocenters. The zero-order chi connectivity index (χ0) is 19.3. The Bertz CT molecular complexity index is 421. The van der Waals surface area contributed by atoms with E-state index in [1.807, 2.05) is 0 Å². The molecule has 0 aromatic rings. The Labute approximate surface area is 154 Å². The molecule has 0 amide bonds. The van der Waals surface area contributed by atoms with Crippen LogP contribution in [0.5, 0.6) is 0 Å². The average Bonchev–Trinajstić information content (AvgIpc) is 2.56. The molecule has 2 fully saturated rings. The van der Waals surface area contributed by atoms with Crippen molar-refractivity contribution in [1.29, 1.82) is 0 Å². The maximum absolute atomic E-state index is 10.4. The summed E-state index contributed by atoms with van der Waals surface area (Å²) < 4.78 is 0. The second kappa shape index (κ2) is 7.46. The lowest BCUT2D eigenvalue weighted by Gasteiger charge is -2.58. The van der Waals surface area contributed by atoms with Crippen LogP contribution in [0, 0.1) is 46.8 Å². The van der Waals surface area contributed by atoms with E-state index in [9.17, 15) is 10.2 Å². The van der Waals surface area contributed by atoms with E-state index in [-0.39, 0.29) is 41.2 Å². The maximum Gasteiger partial charge on any atom is 0.0719 e. The largest absolute Gasteiger partial charge is 0.391 e. The van der Waals surface area contributed by atoms with E-state index < -0.39 is 12.2 Å². The van der Waals surface area contributed by atoms with Crippen LogP contribution in [0.15, 0.2) is 0 Å². The van der Waals surface area contributed by atoms with Crippen LogP contribution in [0.25, 0.3) is 0 Å². The zero-order valence-electron chi connectivity index (χ0n) is 17.3. The van der Waals surface area contributed by atoms with Crippen molar-refractivity contribution in [3.8, 4) is 0 Å². The lowest BCUT2D eigenvalue weighted by Crippen LogP contribution is -2.61. The summed E-state index contributed by atoms with van der Waals surface area (Å²) in [6.07, 6.45) is 1.21. The van der Waals surface area contributed by atoms with Gasteiger partial charge < -0.3 is 21.7 Å². The van der Waals surface area contributed by atoms with Gasteiger partial charge in [-0.3, -0.25) is 0 Å². The third-order valence-corrected chi connectivity index (χ3v) is 8.53. The molecule has 4 heteroatoms. The summed E-state index contributed by atoms with van der Waals surface area (Å²) in [5, 5.41) is 20.9. The fourth-order valence-corrected chi connectivity index (χ4v) is 6.20. The molecule has 2 rings (SSSR count). The molecule has 0 bridgehead atoms. The third kappa shape index (κ3) is 3.40. The average molecular weight is 355 g/mol. The first-order valence-corrected chi connectivity index (χ1v) is 10.3. The topological polar surface area (TPSA) is 92.5 Å². The summed E-state index contributed by atoms with van der Waals surface area (Å²) >= 11 is 0. The molecule has 0 spiro atoms. The van der Waals surface area contributed by atoms with Gasteiger partial charge in [-0.15, -0.1) is 0 Å². The molecule has 6 N–H and O–H groups in total. The molecule has 0 radical (unpaired) electrons. The normalized spacial score (nSPS) is 51.4. The van der Waals surface area contributed by atoms with E-state index in [4.69, 9.17) is 11.5 Å². The molecule has 2 saturated carbocycles. The Balaban J connectivity index is 2.41. The standard InChI is InChI=1S/C21H42N2O2/c1-10(2)21(7,15-8-11(3)19(24)17(22)13(15)5)16-9-12(4)20(25)18(23)14(16)6/h10-20,24-25H,8-9,22-23H2,1-7H3. The number of rotatable bonds is 3. The molecule has 0 aromatic carbocycles. The first kappa shape index (κ1) is 21.1. The van der Waals surface area contributed by atoms with E-state index in [1.54, 1.807) is 0 Å².